The van der Waals surface area contributed by atoms with Crippen LogP contribution in [0.15, 0.2) is 18.0 Å². The van der Waals surface area contributed by atoms with Crippen molar-refractivity contribution >= 4 is 11.3 Å². The van der Waals surface area contributed by atoms with Gasteiger partial charge in [0.05, 0.1) is 0 Å². The molecule has 0 bridgehead atoms. The Morgan fingerprint density at radius 2 is 2.23 bits per heavy atom. The van der Waals surface area contributed by atoms with Crippen LogP contribution in [0.3, 0.4) is 0 Å². The number of nitrogens with two attached hydrogens (primary N) is 1. The standard InChI is InChI=1S/C11H15NS/c1-2-10(12)9-7-13-11-6-4-3-5-8(9)11/h2,7,10H,1,3-6,12H2. The van der Waals surface area contributed by atoms with Crippen LogP contribution in [-0.2, 0) is 12.8 Å². The lowest BCUT2D eigenvalue weighted by Crippen LogP contribution is -2.10. The molecule has 0 spiro atoms. The zero-order chi connectivity index (χ0) is 9.26. The lowest BCUT2D eigenvalue weighted by Gasteiger charge is -2.14. The molecule has 1 aromatic rings. The van der Waals surface area contributed by atoms with E-state index in [4.69, 9.17) is 5.73 Å². The Kier molecular flexibility index (Phi) is 2.51. The van der Waals surface area contributed by atoms with E-state index in [9.17, 15) is 0 Å². The van der Waals surface area contributed by atoms with E-state index in [-0.39, 0.29) is 6.04 Å². The fourth-order valence-corrected chi connectivity index (χ4v) is 3.12. The highest BCUT2D eigenvalue weighted by atomic mass is 32.1. The summed E-state index contributed by atoms with van der Waals surface area (Å²) >= 11 is 1.87. The average Bonchev–Trinajstić information content (AvgIpc) is 2.60. The molecule has 1 nitrogen and oxygen atoms in total. The quantitative estimate of drug-likeness (QED) is 0.718. The maximum absolute atomic E-state index is 5.95. The van der Waals surface area contributed by atoms with Gasteiger partial charge in [-0.25, -0.2) is 0 Å². The molecule has 2 rings (SSSR count). The van der Waals surface area contributed by atoms with Gasteiger partial charge in [-0.1, -0.05) is 6.08 Å². The number of aryl methyl sites for hydroxylation is 1. The van der Waals surface area contributed by atoms with Crippen molar-refractivity contribution < 1.29 is 0 Å². The minimum atomic E-state index is 0.0399. The van der Waals surface area contributed by atoms with Crippen LogP contribution in [0.25, 0.3) is 0 Å². The molecule has 0 amide bonds. The molecule has 13 heavy (non-hydrogen) atoms. The third kappa shape index (κ3) is 1.56. The molecule has 0 saturated heterocycles. The second kappa shape index (κ2) is 3.64. The summed E-state index contributed by atoms with van der Waals surface area (Å²) in [7, 11) is 0. The van der Waals surface area contributed by atoms with Gasteiger partial charge in [0.15, 0.2) is 0 Å². The zero-order valence-electron chi connectivity index (χ0n) is 7.75. The van der Waals surface area contributed by atoms with E-state index in [2.05, 4.69) is 12.0 Å². The molecule has 0 fully saturated rings. The smallest absolute Gasteiger partial charge is 0.0489 e. The highest BCUT2D eigenvalue weighted by Gasteiger charge is 2.17. The first kappa shape index (κ1) is 8.97. The van der Waals surface area contributed by atoms with Gasteiger partial charge in [-0.05, 0) is 42.2 Å². The van der Waals surface area contributed by atoms with Crippen molar-refractivity contribution in [1.82, 2.24) is 0 Å². The molecule has 1 aromatic heterocycles. The Bertz CT molecular complexity index is 314. The second-order valence-electron chi connectivity index (χ2n) is 3.56. The minimum Gasteiger partial charge on any atom is -0.321 e. The highest BCUT2D eigenvalue weighted by molar-refractivity contribution is 7.10. The van der Waals surface area contributed by atoms with E-state index in [1.807, 2.05) is 17.4 Å². The molecule has 0 radical (unpaired) electrons. The summed E-state index contributed by atoms with van der Waals surface area (Å²) < 4.78 is 0. The predicted octanol–water partition coefficient (Wildman–Crippen LogP) is 2.81. The average molecular weight is 193 g/mol. The van der Waals surface area contributed by atoms with Crippen molar-refractivity contribution in [3.05, 3.63) is 34.0 Å². The first-order chi connectivity index (χ1) is 6.33. The molecule has 0 aromatic carbocycles. The van der Waals surface area contributed by atoms with Crippen molar-refractivity contribution in [2.75, 3.05) is 0 Å². The zero-order valence-corrected chi connectivity index (χ0v) is 8.57. The Hall–Kier alpha value is -0.600. The Labute approximate surface area is 83.3 Å². The number of hydrogen-bond acceptors (Lipinski definition) is 2. The molecule has 0 aliphatic heterocycles. The summed E-state index contributed by atoms with van der Waals surface area (Å²) in [5.41, 5.74) is 8.78. The maximum Gasteiger partial charge on any atom is 0.0489 e. The van der Waals surface area contributed by atoms with Gasteiger partial charge in [0.2, 0.25) is 0 Å². The highest BCUT2D eigenvalue weighted by Crippen LogP contribution is 2.32. The van der Waals surface area contributed by atoms with Crippen molar-refractivity contribution in [2.45, 2.75) is 31.7 Å². The van der Waals surface area contributed by atoms with Crippen molar-refractivity contribution in [3.63, 3.8) is 0 Å². The van der Waals surface area contributed by atoms with E-state index in [0.717, 1.165) is 0 Å². The van der Waals surface area contributed by atoms with Crippen LogP contribution < -0.4 is 5.73 Å². The molecule has 70 valence electrons. The minimum absolute atomic E-state index is 0.0399. The Balaban J connectivity index is 2.36. The van der Waals surface area contributed by atoms with Crippen molar-refractivity contribution in [3.8, 4) is 0 Å². The lowest BCUT2D eigenvalue weighted by atomic mass is 9.93. The van der Waals surface area contributed by atoms with E-state index < -0.39 is 0 Å². The fraction of sp³-hybridized carbons (Fsp3) is 0.455. The van der Waals surface area contributed by atoms with Gasteiger partial charge in [-0.15, -0.1) is 17.9 Å². The topological polar surface area (TPSA) is 26.0 Å². The van der Waals surface area contributed by atoms with Gasteiger partial charge in [0.1, 0.15) is 0 Å². The van der Waals surface area contributed by atoms with Crippen LogP contribution in [0, 0.1) is 0 Å². The monoisotopic (exact) mass is 193 g/mol. The molecule has 1 atom stereocenters. The molecule has 0 saturated carbocycles. The van der Waals surface area contributed by atoms with Gasteiger partial charge in [0.25, 0.3) is 0 Å². The van der Waals surface area contributed by atoms with Crippen LogP contribution in [0.4, 0.5) is 0 Å². The van der Waals surface area contributed by atoms with Crippen LogP contribution >= 0.6 is 11.3 Å². The van der Waals surface area contributed by atoms with Crippen LogP contribution in [0.2, 0.25) is 0 Å². The number of rotatable bonds is 2. The maximum atomic E-state index is 5.95. The molecule has 1 aliphatic carbocycles. The van der Waals surface area contributed by atoms with Gasteiger partial charge in [-0.3, -0.25) is 0 Å². The molecular weight excluding hydrogens is 178 g/mol. The van der Waals surface area contributed by atoms with E-state index in [1.54, 1.807) is 4.88 Å². The van der Waals surface area contributed by atoms with E-state index in [1.165, 1.54) is 36.8 Å². The first-order valence-corrected chi connectivity index (χ1v) is 5.68. The summed E-state index contributed by atoms with van der Waals surface area (Å²) in [6.45, 7) is 3.75. The third-order valence-corrected chi connectivity index (χ3v) is 3.81. The van der Waals surface area contributed by atoms with Crippen LogP contribution in [-0.4, -0.2) is 0 Å². The molecule has 1 heterocycles. The number of thiophene rings is 1. The van der Waals surface area contributed by atoms with E-state index >= 15 is 0 Å². The molecular formula is C11H15NS. The summed E-state index contributed by atoms with van der Waals surface area (Å²) in [6.07, 6.45) is 6.97. The van der Waals surface area contributed by atoms with E-state index in [0.29, 0.717) is 0 Å². The summed E-state index contributed by atoms with van der Waals surface area (Å²) in [5, 5.41) is 2.21. The van der Waals surface area contributed by atoms with Gasteiger partial charge in [-0.2, -0.15) is 0 Å². The molecule has 2 heteroatoms. The number of hydrogen-bond donors (Lipinski definition) is 1. The predicted molar refractivity (Wildman–Crippen MR) is 58.1 cm³/mol. The van der Waals surface area contributed by atoms with Gasteiger partial charge in [0, 0.05) is 10.9 Å². The Morgan fingerprint density at radius 1 is 1.46 bits per heavy atom. The normalized spacial score (nSPS) is 17.9. The molecule has 2 N–H and O–H groups in total. The number of fused-ring (bicyclic) bond motifs is 1. The largest absolute Gasteiger partial charge is 0.321 e. The van der Waals surface area contributed by atoms with Crippen LogP contribution in [0.1, 0.15) is 34.9 Å². The first-order valence-electron chi connectivity index (χ1n) is 4.80. The van der Waals surface area contributed by atoms with Gasteiger partial charge < -0.3 is 5.73 Å². The van der Waals surface area contributed by atoms with Crippen molar-refractivity contribution in [2.24, 2.45) is 5.73 Å². The third-order valence-electron chi connectivity index (χ3n) is 2.71. The van der Waals surface area contributed by atoms with Crippen molar-refractivity contribution in [1.29, 1.82) is 0 Å². The van der Waals surface area contributed by atoms with Crippen LogP contribution in [0.5, 0.6) is 0 Å². The summed E-state index contributed by atoms with van der Waals surface area (Å²) in [5.74, 6) is 0. The Morgan fingerprint density at radius 3 is 3.00 bits per heavy atom. The fourth-order valence-electron chi connectivity index (χ4n) is 1.93. The van der Waals surface area contributed by atoms with Gasteiger partial charge >= 0.3 is 0 Å². The SMILES string of the molecule is C=CC(N)c1csc2c1CCCC2. The summed E-state index contributed by atoms with van der Waals surface area (Å²) in [6, 6.07) is 0.0399. The molecule has 1 aliphatic rings. The summed E-state index contributed by atoms with van der Waals surface area (Å²) in [4.78, 5) is 1.55. The lowest BCUT2D eigenvalue weighted by molar-refractivity contribution is 0.686. The second-order valence-corrected chi connectivity index (χ2v) is 4.53. The molecule has 1 unspecified atom stereocenters.